The monoisotopic (exact) mass is 908 g/mol. The molecule has 0 amide bonds. The Hall–Kier alpha value is -8.76. The van der Waals surface area contributed by atoms with Crippen LogP contribution in [0.25, 0.3) is 88.4 Å². The van der Waals surface area contributed by atoms with Crippen molar-refractivity contribution >= 4 is 67.2 Å². The minimum absolute atomic E-state index is 0.913. The van der Waals surface area contributed by atoms with Crippen molar-refractivity contribution in [1.82, 2.24) is 9.13 Å². The summed E-state index contributed by atoms with van der Waals surface area (Å²) in [6.45, 7) is 0. The van der Waals surface area contributed by atoms with Gasteiger partial charge in [0.2, 0.25) is 0 Å². The first-order chi connectivity index (χ1) is 34.7. The molecule has 0 saturated carbocycles. The Bertz CT molecular complexity index is 3840. The Kier molecular flexibility index (Phi) is 10.3. The summed E-state index contributed by atoms with van der Waals surface area (Å²) in [7, 11) is -2.64. The van der Waals surface area contributed by atoms with Gasteiger partial charge < -0.3 is 9.13 Å². The smallest absolute Gasteiger partial charge is 0.152 e. The van der Waals surface area contributed by atoms with Crippen LogP contribution in [0, 0.1) is 0 Å². The fourth-order valence-electron chi connectivity index (χ4n) is 11.4. The molecule has 2 heterocycles. The third kappa shape index (κ3) is 6.93. The van der Waals surface area contributed by atoms with E-state index in [4.69, 9.17) is 0 Å². The summed E-state index contributed by atoms with van der Waals surface area (Å²) in [5.41, 5.74) is 15.5. The second-order valence-corrected chi connectivity index (χ2v) is 22.3. The van der Waals surface area contributed by atoms with Crippen LogP contribution in [0.2, 0.25) is 0 Å². The molecule has 2 aromatic heterocycles. The van der Waals surface area contributed by atoms with E-state index >= 15 is 0 Å². The van der Waals surface area contributed by atoms with E-state index in [1.807, 2.05) is 0 Å². The molecular weight excluding hydrogens is 861 g/mol. The lowest BCUT2D eigenvalue weighted by Gasteiger charge is -2.34. The molecule has 70 heavy (non-hydrogen) atoms. The van der Waals surface area contributed by atoms with E-state index in [9.17, 15) is 0 Å². The second kappa shape index (κ2) is 17.4. The predicted molar refractivity (Wildman–Crippen MR) is 299 cm³/mol. The van der Waals surface area contributed by atoms with Crippen molar-refractivity contribution in [3.05, 3.63) is 285 Å². The highest BCUT2D eigenvalue weighted by atomic mass is 28.3. The molecule has 0 aliphatic heterocycles. The minimum Gasteiger partial charge on any atom is -0.309 e. The third-order valence-electron chi connectivity index (χ3n) is 14.5. The van der Waals surface area contributed by atoms with Gasteiger partial charge in [-0.3, -0.25) is 0 Å². The molecule has 2 nitrogen and oxygen atoms in total. The molecule has 11 aromatic carbocycles. The van der Waals surface area contributed by atoms with Crippen LogP contribution in [0.15, 0.2) is 279 Å². The SMILES string of the molecule is c1ccc(-c2cc(-c3ccccc3)cc(-n3c4ccc(-n5c6ccccc6c6c(C[Si](c7ccccc7)(c7ccccc7)c7ccccc7)cccc65)cc4c4c(-c5ccccc5)cccc43)c2)cc1. The van der Waals surface area contributed by atoms with Gasteiger partial charge in [0.05, 0.1) is 22.1 Å². The lowest BCUT2D eigenvalue weighted by atomic mass is 9.98. The Morgan fingerprint density at radius 1 is 0.271 bits per heavy atom. The number of benzene rings is 11. The Labute approximate surface area is 409 Å². The largest absolute Gasteiger partial charge is 0.309 e. The van der Waals surface area contributed by atoms with Gasteiger partial charge >= 0.3 is 0 Å². The topological polar surface area (TPSA) is 9.86 Å². The van der Waals surface area contributed by atoms with Crippen LogP contribution < -0.4 is 15.6 Å². The summed E-state index contributed by atoms with van der Waals surface area (Å²) < 4.78 is 5.01. The lowest BCUT2D eigenvalue weighted by Crippen LogP contribution is -2.68. The first-order valence-electron chi connectivity index (χ1n) is 24.3. The van der Waals surface area contributed by atoms with Crippen molar-refractivity contribution in [2.75, 3.05) is 0 Å². The van der Waals surface area contributed by atoms with E-state index in [2.05, 4.69) is 288 Å². The van der Waals surface area contributed by atoms with Crippen LogP contribution in [0.5, 0.6) is 0 Å². The first-order valence-corrected chi connectivity index (χ1v) is 26.5. The van der Waals surface area contributed by atoms with Crippen LogP contribution >= 0.6 is 0 Å². The fraction of sp³-hybridized carbons (Fsp3) is 0.0149. The zero-order valence-electron chi connectivity index (χ0n) is 38.7. The van der Waals surface area contributed by atoms with E-state index in [0.717, 1.165) is 22.9 Å². The van der Waals surface area contributed by atoms with Crippen LogP contribution in [-0.2, 0) is 6.04 Å². The molecule has 0 atom stereocenters. The molecule has 0 aliphatic carbocycles. The van der Waals surface area contributed by atoms with Crippen molar-refractivity contribution in [2.24, 2.45) is 0 Å². The van der Waals surface area contributed by atoms with Crippen molar-refractivity contribution in [1.29, 1.82) is 0 Å². The quantitative estimate of drug-likeness (QED) is 0.0956. The molecule has 0 aliphatic rings. The molecule has 3 heteroatoms. The zero-order valence-corrected chi connectivity index (χ0v) is 39.7. The Balaban J connectivity index is 1.06. The van der Waals surface area contributed by atoms with Gasteiger partial charge in [0.15, 0.2) is 8.07 Å². The van der Waals surface area contributed by atoms with Gasteiger partial charge in [0.25, 0.3) is 0 Å². The molecule has 0 radical (unpaired) electrons. The average Bonchev–Trinajstić information content (AvgIpc) is 3.97. The summed E-state index contributed by atoms with van der Waals surface area (Å²) in [6, 6.07) is 104. The number of hydrogen-bond acceptors (Lipinski definition) is 0. The molecule has 13 rings (SSSR count). The van der Waals surface area contributed by atoms with E-state index in [0.29, 0.717) is 0 Å². The summed E-state index contributed by atoms with van der Waals surface area (Å²) >= 11 is 0. The van der Waals surface area contributed by atoms with E-state index in [1.165, 1.54) is 92.6 Å². The predicted octanol–water partition coefficient (Wildman–Crippen LogP) is 15.1. The van der Waals surface area contributed by atoms with E-state index < -0.39 is 8.07 Å². The molecule has 0 spiro atoms. The number of hydrogen-bond donors (Lipinski definition) is 0. The molecule has 13 aromatic rings. The number of nitrogens with zero attached hydrogens (tertiary/aromatic N) is 2. The van der Waals surface area contributed by atoms with Crippen LogP contribution in [0.3, 0.4) is 0 Å². The molecular formula is C67H48N2Si. The molecule has 0 unspecified atom stereocenters. The van der Waals surface area contributed by atoms with Gasteiger partial charge in [-0.15, -0.1) is 0 Å². The summed E-state index contributed by atoms with van der Waals surface area (Å²) in [5.74, 6) is 0. The van der Waals surface area contributed by atoms with E-state index in [1.54, 1.807) is 0 Å². The average molecular weight is 909 g/mol. The summed E-state index contributed by atoms with van der Waals surface area (Å²) in [5, 5.41) is 9.27. The van der Waals surface area contributed by atoms with Gasteiger partial charge in [-0.25, -0.2) is 0 Å². The Morgan fingerprint density at radius 2 is 0.714 bits per heavy atom. The van der Waals surface area contributed by atoms with Crippen molar-refractivity contribution in [3.63, 3.8) is 0 Å². The number of rotatable bonds is 10. The number of fused-ring (bicyclic) bond motifs is 6. The van der Waals surface area contributed by atoms with E-state index in [-0.39, 0.29) is 0 Å². The third-order valence-corrected chi connectivity index (χ3v) is 19.4. The molecule has 330 valence electrons. The molecule has 0 N–H and O–H groups in total. The molecule has 0 fully saturated rings. The highest BCUT2D eigenvalue weighted by Crippen LogP contribution is 2.43. The van der Waals surface area contributed by atoms with Crippen molar-refractivity contribution < 1.29 is 0 Å². The van der Waals surface area contributed by atoms with Gasteiger partial charge in [-0.1, -0.05) is 224 Å². The minimum atomic E-state index is -2.64. The second-order valence-electron chi connectivity index (χ2n) is 18.4. The van der Waals surface area contributed by atoms with Crippen molar-refractivity contribution in [3.8, 4) is 44.8 Å². The molecule has 0 saturated heterocycles. The Morgan fingerprint density at radius 3 is 1.29 bits per heavy atom. The number of para-hydroxylation sites is 1. The number of aromatic nitrogens is 2. The summed E-state index contributed by atoms with van der Waals surface area (Å²) in [6.07, 6.45) is 0. The first kappa shape index (κ1) is 41.4. The van der Waals surface area contributed by atoms with Crippen LogP contribution in [0.4, 0.5) is 0 Å². The summed E-state index contributed by atoms with van der Waals surface area (Å²) in [4.78, 5) is 0. The lowest BCUT2D eigenvalue weighted by molar-refractivity contribution is 1.16. The van der Waals surface area contributed by atoms with Crippen LogP contribution in [0.1, 0.15) is 5.56 Å². The van der Waals surface area contributed by atoms with Gasteiger partial charge in [-0.2, -0.15) is 0 Å². The normalized spacial score (nSPS) is 11.8. The maximum Gasteiger partial charge on any atom is 0.152 e. The zero-order chi connectivity index (χ0) is 46.4. The van der Waals surface area contributed by atoms with Gasteiger partial charge in [-0.05, 0) is 115 Å². The highest BCUT2D eigenvalue weighted by molar-refractivity contribution is 7.11. The molecule has 0 bridgehead atoms. The van der Waals surface area contributed by atoms with Crippen LogP contribution in [-0.4, -0.2) is 17.2 Å². The standard InChI is InChI=1S/C67H48N2Si/c1-7-23-48(24-8-1)52-43-53(49-25-9-2-10-26-49)45-55(44-52)69-63-42-41-54(46-61(63)67-59(37-22-40-65(67)69)50-27-11-3-12-28-50)68-62-38-20-19-36-60(62)66-51(29-21-39-64(66)68)47-70(56-30-13-4-14-31-56,57-32-15-5-16-33-57)58-34-17-6-18-35-58/h1-46H,47H2. The maximum atomic E-state index is 2.52. The maximum absolute atomic E-state index is 2.64. The highest BCUT2D eigenvalue weighted by Gasteiger charge is 2.40. The van der Waals surface area contributed by atoms with Gasteiger partial charge in [0.1, 0.15) is 0 Å². The van der Waals surface area contributed by atoms with Gasteiger partial charge in [0, 0.05) is 32.9 Å². The van der Waals surface area contributed by atoms with Crippen molar-refractivity contribution in [2.45, 2.75) is 6.04 Å². The fourth-order valence-corrected chi connectivity index (χ4v) is 16.2.